The molecule has 0 aliphatic carbocycles. The molecule has 2 heterocycles. The van der Waals surface area contributed by atoms with Crippen LogP contribution in [0.15, 0.2) is 56.2 Å². The van der Waals surface area contributed by atoms with E-state index < -0.39 is 9.84 Å². The summed E-state index contributed by atoms with van der Waals surface area (Å²) in [4.78, 5) is 17.3. The van der Waals surface area contributed by atoms with E-state index in [0.717, 1.165) is 32.9 Å². The van der Waals surface area contributed by atoms with Crippen molar-refractivity contribution in [2.24, 2.45) is 0 Å². The summed E-state index contributed by atoms with van der Waals surface area (Å²) in [6.45, 7) is 12.1. The lowest BCUT2D eigenvalue weighted by atomic mass is 10.0. The summed E-state index contributed by atoms with van der Waals surface area (Å²) in [5.41, 5.74) is 26.5. The fourth-order valence-corrected chi connectivity index (χ4v) is 7.05. The highest BCUT2D eigenvalue weighted by atomic mass is 32.2. The molecule has 0 saturated heterocycles. The third-order valence-electron chi connectivity index (χ3n) is 6.70. The second-order valence-electron chi connectivity index (χ2n) is 10.6. The van der Waals surface area contributed by atoms with Crippen LogP contribution in [0.5, 0.6) is 11.5 Å². The highest BCUT2D eigenvalue weighted by Crippen LogP contribution is 2.39. The molecule has 45 heavy (non-hydrogen) atoms. The van der Waals surface area contributed by atoms with Crippen molar-refractivity contribution in [2.75, 3.05) is 37.2 Å². The van der Waals surface area contributed by atoms with E-state index in [2.05, 4.69) is 39.8 Å². The number of nitrogen functional groups attached to an aromatic ring is 4. The van der Waals surface area contributed by atoms with Gasteiger partial charge < -0.3 is 32.4 Å². The van der Waals surface area contributed by atoms with Gasteiger partial charge in [-0.25, -0.2) is 18.4 Å². The Kier molecular flexibility index (Phi) is 12.4. The molecule has 244 valence electrons. The van der Waals surface area contributed by atoms with Crippen molar-refractivity contribution in [1.29, 1.82) is 0 Å². The van der Waals surface area contributed by atoms with E-state index in [-0.39, 0.29) is 40.9 Å². The maximum Gasteiger partial charge on any atom is 0.221 e. The van der Waals surface area contributed by atoms with Crippen LogP contribution < -0.4 is 32.4 Å². The number of sulfone groups is 1. The third-order valence-corrected chi connectivity index (χ3v) is 9.63. The molecule has 14 heteroatoms. The number of anilines is 4. The molecule has 0 atom stereocenters. The molecule has 0 spiro atoms. The minimum Gasteiger partial charge on any atom is -0.496 e. The Balaban J connectivity index is 0.000000308. The van der Waals surface area contributed by atoms with Crippen molar-refractivity contribution < 1.29 is 17.9 Å². The molecular formula is C31H44N8O4S2. The maximum atomic E-state index is 13.0. The van der Waals surface area contributed by atoms with Gasteiger partial charge in [-0.2, -0.15) is 9.97 Å². The van der Waals surface area contributed by atoms with Crippen molar-refractivity contribution in [1.82, 2.24) is 19.9 Å². The lowest BCUT2D eigenvalue weighted by Gasteiger charge is -2.17. The SMILES string of the molecule is C.COc1cc(S(=O)(=O)c2cnc(N)nc2N)c(C(C)C)cc1C.COc1cc(Sc2cnc(N)nc2N)c(C(C)C)cc1C. The van der Waals surface area contributed by atoms with Gasteiger partial charge in [0.2, 0.25) is 21.7 Å². The van der Waals surface area contributed by atoms with E-state index in [1.54, 1.807) is 13.3 Å². The van der Waals surface area contributed by atoms with Crippen LogP contribution in [-0.4, -0.2) is 42.6 Å². The summed E-state index contributed by atoms with van der Waals surface area (Å²) in [6, 6.07) is 7.51. The van der Waals surface area contributed by atoms with E-state index in [4.69, 9.17) is 32.4 Å². The molecule has 12 nitrogen and oxygen atoms in total. The number of nitrogens with two attached hydrogens (primary N) is 4. The minimum absolute atomic E-state index is 0. The zero-order valence-corrected chi connectivity index (χ0v) is 27.8. The molecule has 0 fully saturated rings. The first-order valence-corrected chi connectivity index (χ1v) is 16.0. The molecule has 0 amide bonds. The Labute approximate surface area is 270 Å². The van der Waals surface area contributed by atoms with Gasteiger partial charge in [-0.05, 0) is 60.1 Å². The number of aryl methyl sites for hydroxylation is 2. The maximum absolute atomic E-state index is 13.0. The first-order chi connectivity index (χ1) is 20.6. The molecule has 4 aromatic rings. The number of methoxy groups -OCH3 is 2. The van der Waals surface area contributed by atoms with Gasteiger partial charge >= 0.3 is 0 Å². The second kappa shape index (κ2) is 15.1. The molecule has 0 unspecified atom stereocenters. The average Bonchev–Trinajstić information content (AvgIpc) is 2.94. The van der Waals surface area contributed by atoms with Crippen LogP contribution in [0.3, 0.4) is 0 Å². The number of ether oxygens (including phenoxy) is 2. The van der Waals surface area contributed by atoms with Crippen molar-refractivity contribution in [3.8, 4) is 11.5 Å². The van der Waals surface area contributed by atoms with Gasteiger partial charge in [0.25, 0.3) is 0 Å². The first kappa shape index (κ1) is 36.9. The van der Waals surface area contributed by atoms with Crippen LogP contribution >= 0.6 is 11.8 Å². The standard InChI is InChI=1S/C15H20N4O3S.C15H20N4OS.CH4/c1-8(2)10-5-9(3)11(22-4)6-12(10)23(20,21)13-7-18-15(17)19-14(13)16;1-8(2)10-5-9(3)11(20-4)6-12(10)21-13-7-18-15(17)19-14(13)16;/h5-8H,1-4H3,(H4,16,17,18,19);5-8H,1-4H3,(H4,16,17,18,19);1H4. The second-order valence-corrected chi connectivity index (χ2v) is 13.6. The molecule has 0 saturated carbocycles. The molecule has 0 bridgehead atoms. The van der Waals surface area contributed by atoms with Gasteiger partial charge in [-0.3, -0.25) is 0 Å². The largest absolute Gasteiger partial charge is 0.496 e. The van der Waals surface area contributed by atoms with Crippen LogP contribution in [0, 0.1) is 13.8 Å². The number of hydrogen-bond acceptors (Lipinski definition) is 13. The highest BCUT2D eigenvalue weighted by molar-refractivity contribution is 7.99. The Morgan fingerprint density at radius 2 is 1.18 bits per heavy atom. The molecule has 4 rings (SSSR count). The fraction of sp³-hybridized carbons (Fsp3) is 0.355. The lowest BCUT2D eigenvalue weighted by Crippen LogP contribution is -2.12. The Morgan fingerprint density at radius 3 is 1.67 bits per heavy atom. The van der Waals surface area contributed by atoms with Crippen LogP contribution in [0.2, 0.25) is 0 Å². The van der Waals surface area contributed by atoms with Crippen molar-refractivity contribution in [3.05, 3.63) is 58.9 Å². The highest BCUT2D eigenvalue weighted by Gasteiger charge is 2.27. The zero-order valence-electron chi connectivity index (χ0n) is 26.2. The monoisotopic (exact) mass is 656 g/mol. The summed E-state index contributed by atoms with van der Waals surface area (Å²) in [5.74, 6) is 2.07. The van der Waals surface area contributed by atoms with Gasteiger partial charge in [0.1, 0.15) is 28.0 Å². The molecule has 2 aromatic carbocycles. The summed E-state index contributed by atoms with van der Waals surface area (Å²) in [5, 5.41) is 0. The normalized spacial score (nSPS) is 11.1. The topological polar surface area (TPSA) is 208 Å². The van der Waals surface area contributed by atoms with E-state index >= 15 is 0 Å². The summed E-state index contributed by atoms with van der Waals surface area (Å²) >= 11 is 1.53. The van der Waals surface area contributed by atoms with Crippen molar-refractivity contribution >= 4 is 45.1 Å². The lowest BCUT2D eigenvalue weighted by molar-refractivity contribution is 0.410. The van der Waals surface area contributed by atoms with Crippen molar-refractivity contribution in [3.63, 3.8) is 0 Å². The Hall–Kier alpha value is -4.30. The molecule has 0 aliphatic heterocycles. The zero-order chi connectivity index (χ0) is 32.9. The number of aromatic nitrogens is 4. The van der Waals surface area contributed by atoms with Crippen LogP contribution in [0.4, 0.5) is 23.5 Å². The molecular weight excluding hydrogens is 613 g/mol. The smallest absolute Gasteiger partial charge is 0.221 e. The quantitative estimate of drug-likeness (QED) is 0.177. The fourth-order valence-electron chi connectivity index (χ4n) is 4.37. The van der Waals surface area contributed by atoms with Gasteiger partial charge in [0.05, 0.1) is 30.2 Å². The number of nitrogens with zero attached hydrogens (tertiary/aromatic N) is 4. The number of rotatable bonds is 8. The predicted molar refractivity (Wildman–Crippen MR) is 182 cm³/mol. The van der Waals surface area contributed by atoms with Crippen LogP contribution in [-0.2, 0) is 9.84 Å². The molecule has 2 aromatic heterocycles. The summed E-state index contributed by atoms with van der Waals surface area (Å²) in [7, 11) is -0.729. The van der Waals surface area contributed by atoms with Crippen LogP contribution in [0.1, 0.15) is 69.2 Å². The molecule has 8 N–H and O–H groups in total. The van der Waals surface area contributed by atoms with E-state index in [0.29, 0.717) is 23.0 Å². The van der Waals surface area contributed by atoms with Gasteiger partial charge in [-0.1, -0.05) is 59.0 Å². The molecule has 0 radical (unpaired) electrons. The average molecular weight is 657 g/mol. The van der Waals surface area contributed by atoms with Gasteiger partial charge in [0.15, 0.2) is 0 Å². The number of benzene rings is 2. The van der Waals surface area contributed by atoms with Gasteiger partial charge in [-0.15, -0.1) is 0 Å². The minimum atomic E-state index is -3.90. The summed E-state index contributed by atoms with van der Waals surface area (Å²) < 4.78 is 36.7. The molecule has 0 aliphatic rings. The predicted octanol–water partition coefficient (Wildman–Crippen LogP) is 5.78. The van der Waals surface area contributed by atoms with E-state index in [9.17, 15) is 8.42 Å². The Morgan fingerprint density at radius 1 is 0.689 bits per heavy atom. The van der Waals surface area contributed by atoms with Crippen LogP contribution in [0.25, 0.3) is 0 Å². The van der Waals surface area contributed by atoms with Gasteiger partial charge in [0, 0.05) is 11.1 Å². The summed E-state index contributed by atoms with van der Waals surface area (Å²) in [6.07, 6.45) is 2.78. The first-order valence-electron chi connectivity index (χ1n) is 13.7. The Bertz CT molecular complexity index is 1760. The third kappa shape index (κ3) is 8.45. The van der Waals surface area contributed by atoms with Crippen molar-refractivity contribution in [2.45, 2.75) is 80.4 Å². The number of hydrogen-bond donors (Lipinski definition) is 4. The van der Waals surface area contributed by atoms with E-state index in [1.807, 2.05) is 39.8 Å². The van der Waals surface area contributed by atoms with E-state index in [1.165, 1.54) is 30.5 Å².